The fourth-order valence-electron chi connectivity index (χ4n) is 3.73. The van der Waals surface area contributed by atoms with Gasteiger partial charge in [-0.15, -0.1) is 0 Å². The van der Waals surface area contributed by atoms with E-state index in [9.17, 15) is 4.79 Å². The highest BCUT2D eigenvalue weighted by Crippen LogP contribution is 2.33. The van der Waals surface area contributed by atoms with Crippen LogP contribution in [0.1, 0.15) is 30.9 Å². The summed E-state index contributed by atoms with van der Waals surface area (Å²) < 4.78 is 17.1. The molecule has 5 nitrogen and oxygen atoms in total. The number of hydrogen-bond donors (Lipinski definition) is 1. The monoisotopic (exact) mass is 451 g/mol. The fourth-order valence-corrected chi connectivity index (χ4v) is 3.91. The Morgan fingerprint density at radius 2 is 1.59 bits per heavy atom. The van der Waals surface area contributed by atoms with Gasteiger partial charge in [0.25, 0.3) is 5.91 Å². The lowest BCUT2D eigenvalue weighted by molar-refractivity contribution is -0.122. The zero-order valence-corrected chi connectivity index (χ0v) is 18.9. The SMILES string of the molecule is COc1ccc(Oc2ccc(Cl)cc2NC(=O)C(C)Oc2ccc3c(c2)CCCC3)cc1. The number of fused-ring (bicyclic) bond motifs is 1. The van der Waals surface area contributed by atoms with Crippen molar-refractivity contribution in [2.75, 3.05) is 12.4 Å². The van der Waals surface area contributed by atoms with Crippen molar-refractivity contribution < 1.29 is 19.0 Å². The van der Waals surface area contributed by atoms with Crippen LogP contribution in [0.2, 0.25) is 5.02 Å². The number of halogens is 1. The lowest BCUT2D eigenvalue weighted by Crippen LogP contribution is -2.30. The zero-order valence-electron chi connectivity index (χ0n) is 18.2. The molecule has 1 atom stereocenters. The van der Waals surface area contributed by atoms with Gasteiger partial charge in [-0.05, 0) is 98.3 Å². The Bertz CT molecular complexity index is 1100. The van der Waals surface area contributed by atoms with Crippen LogP contribution in [-0.4, -0.2) is 19.1 Å². The van der Waals surface area contributed by atoms with Crippen LogP contribution in [0.3, 0.4) is 0 Å². The van der Waals surface area contributed by atoms with E-state index < -0.39 is 6.10 Å². The Balaban J connectivity index is 1.45. The molecule has 1 unspecified atom stereocenters. The first-order valence-electron chi connectivity index (χ1n) is 10.7. The first kappa shape index (κ1) is 22.0. The van der Waals surface area contributed by atoms with Gasteiger partial charge in [-0.25, -0.2) is 0 Å². The molecule has 3 aromatic carbocycles. The number of carbonyl (C=O) groups is 1. The summed E-state index contributed by atoms with van der Waals surface area (Å²) in [5.41, 5.74) is 3.16. The summed E-state index contributed by atoms with van der Waals surface area (Å²) in [6, 6.07) is 18.4. The number of methoxy groups -OCH3 is 1. The number of hydrogen-bond acceptors (Lipinski definition) is 4. The summed E-state index contributed by atoms with van der Waals surface area (Å²) in [7, 11) is 1.61. The van der Waals surface area contributed by atoms with Gasteiger partial charge in [-0.3, -0.25) is 4.79 Å². The number of carbonyl (C=O) groups excluding carboxylic acids is 1. The minimum absolute atomic E-state index is 0.287. The average Bonchev–Trinajstić information content (AvgIpc) is 2.81. The van der Waals surface area contributed by atoms with Crippen LogP contribution in [0.25, 0.3) is 0 Å². The molecule has 1 amide bonds. The molecule has 0 radical (unpaired) electrons. The molecule has 0 saturated heterocycles. The van der Waals surface area contributed by atoms with E-state index in [4.69, 9.17) is 25.8 Å². The van der Waals surface area contributed by atoms with E-state index >= 15 is 0 Å². The minimum Gasteiger partial charge on any atom is -0.497 e. The van der Waals surface area contributed by atoms with Crippen LogP contribution in [0.5, 0.6) is 23.0 Å². The Hall–Kier alpha value is -3.18. The molecule has 0 fully saturated rings. The number of anilines is 1. The first-order chi connectivity index (χ1) is 15.5. The standard InChI is InChI=1S/C26H26ClNO4/c1-17(31-23-9-7-18-5-3-4-6-19(18)15-23)26(29)28-24-16-20(27)8-14-25(24)32-22-12-10-21(30-2)11-13-22/h7-17H,3-6H2,1-2H3,(H,28,29). The molecule has 4 rings (SSSR count). The van der Waals surface area contributed by atoms with Gasteiger partial charge in [0.1, 0.15) is 17.2 Å². The molecular weight excluding hydrogens is 426 g/mol. The van der Waals surface area contributed by atoms with Crippen molar-refractivity contribution in [3.63, 3.8) is 0 Å². The van der Waals surface area contributed by atoms with Crippen molar-refractivity contribution in [2.45, 2.75) is 38.7 Å². The molecule has 6 heteroatoms. The topological polar surface area (TPSA) is 56.8 Å². The average molecular weight is 452 g/mol. The molecule has 0 spiro atoms. The zero-order chi connectivity index (χ0) is 22.5. The van der Waals surface area contributed by atoms with Crippen LogP contribution in [0.4, 0.5) is 5.69 Å². The van der Waals surface area contributed by atoms with Crippen LogP contribution < -0.4 is 19.5 Å². The molecule has 0 aliphatic heterocycles. The van der Waals surface area contributed by atoms with Crippen LogP contribution in [0.15, 0.2) is 60.7 Å². The lowest BCUT2D eigenvalue weighted by Gasteiger charge is -2.20. The van der Waals surface area contributed by atoms with Gasteiger partial charge in [0.05, 0.1) is 12.8 Å². The summed E-state index contributed by atoms with van der Waals surface area (Å²) in [4.78, 5) is 12.9. The molecule has 166 valence electrons. The van der Waals surface area contributed by atoms with E-state index in [1.165, 1.54) is 24.0 Å². The van der Waals surface area contributed by atoms with Gasteiger partial charge in [0.2, 0.25) is 0 Å². The second-order valence-corrected chi connectivity index (χ2v) is 8.24. The quantitative estimate of drug-likeness (QED) is 0.450. The van der Waals surface area contributed by atoms with Crippen molar-refractivity contribution in [3.05, 3.63) is 76.8 Å². The number of ether oxygens (including phenoxy) is 3. The number of aryl methyl sites for hydroxylation is 2. The molecule has 1 aliphatic rings. The van der Waals surface area contributed by atoms with Crippen LogP contribution in [0, 0.1) is 0 Å². The maximum atomic E-state index is 12.9. The molecule has 0 saturated carbocycles. The van der Waals surface area contributed by atoms with E-state index in [0.29, 0.717) is 28.0 Å². The predicted octanol–water partition coefficient (Wildman–Crippen LogP) is 6.43. The largest absolute Gasteiger partial charge is 0.497 e. The van der Waals surface area contributed by atoms with Gasteiger partial charge >= 0.3 is 0 Å². The highest BCUT2D eigenvalue weighted by Gasteiger charge is 2.19. The minimum atomic E-state index is -0.690. The van der Waals surface area contributed by atoms with E-state index in [-0.39, 0.29) is 5.91 Å². The lowest BCUT2D eigenvalue weighted by atomic mass is 9.92. The van der Waals surface area contributed by atoms with Gasteiger partial charge in [0.15, 0.2) is 11.9 Å². The summed E-state index contributed by atoms with van der Waals surface area (Å²) in [5, 5.41) is 3.37. The van der Waals surface area contributed by atoms with Crippen LogP contribution >= 0.6 is 11.6 Å². The molecule has 0 aromatic heterocycles. The molecule has 1 N–H and O–H groups in total. The first-order valence-corrected chi connectivity index (χ1v) is 11.1. The number of nitrogens with one attached hydrogen (secondary N) is 1. The van der Waals surface area contributed by atoms with Crippen molar-refractivity contribution in [3.8, 4) is 23.0 Å². The molecule has 32 heavy (non-hydrogen) atoms. The fraction of sp³-hybridized carbons (Fsp3) is 0.269. The maximum absolute atomic E-state index is 12.9. The molecule has 0 heterocycles. The van der Waals surface area contributed by atoms with E-state index in [0.717, 1.165) is 18.6 Å². The molecular formula is C26H26ClNO4. The predicted molar refractivity (Wildman–Crippen MR) is 126 cm³/mol. The maximum Gasteiger partial charge on any atom is 0.265 e. The number of amides is 1. The third kappa shape index (κ3) is 5.35. The van der Waals surface area contributed by atoms with Crippen LogP contribution in [-0.2, 0) is 17.6 Å². The molecule has 0 bridgehead atoms. The molecule has 3 aromatic rings. The Morgan fingerprint density at radius 3 is 2.34 bits per heavy atom. The number of rotatable bonds is 7. The normalized spacial score (nSPS) is 13.6. The second-order valence-electron chi connectivity index (χ2n) is 7.81. The summed E-state index contributed by atoms with van der Waals surface area (Å²) in [6.07, 6.45) is 3.90. The summed E-state index contributed by atoms with van der Waals surface area (Å²) in [5.74, 6) is 2.24. The smallest absolute Gasteiger partial charge is 0.265 e. The highest BCUT2D eigenvalue weighted by molar-refractivity contribution is 6.31. The van der Waals surface area contributed by atoms with E-state index in [2.05, 4.69) is 17.4 Å². The highest BCUT2D eigenvalue weighted by atomic mass is 35.5. The Morgan fingerprint density at radius 1 is 0.906 bits per heavy atom. The summed E-state index contributed by atoms with van der Waals surface area (Å²) in [6.45, 7) is 1.73. The van der Waals surface area contributed by atoms with Crippen molar-refractivity contribution in [1.29, 1.82) is 0 Å². The van der Waals surface area contributed by atoms with Gasteiger partial charge in [-0.1, -0.05) is 17.7 Å². The number of benzene rings is 3. The second kappa shape index (κ2) is 9.96. The third-order valence-corrected chi connectivity index (χ3v) is 5.72. The summed E-state index contributed by atoms with van der Waals surface area (Å²) >= 11 is 6.16. The molecule has 1 aliphatic carbocycles. The Kier molecular flexibility index (Phi) is 6.86. The van der Waals surface area contributed by atoms with Crippen molar-refractivity contribution >= 4 is 23.2 Å². The third-order valence-electron chi connectivity index (χ3n) is 5.49. The van der Waals surface area contributed by atoms with Gasteiger partial charge in [0, 0.05) is 5.02 Å². The van der Waals surface area contributed by atoms with Crippen molar-refractivity contribution in [1.82, 2.24) is 0 Å². The van der Waals surface area contributed by atoms with Gasteiger partial charge in [-0.2, -0.15) is 0 Å². The van der Waals surface area contributed by atoms with E-state index in [1.807, 2.05) is 6.07 Å². The van der Waals surface area contributed by atoms with Crippen molar-refractivity contribution in [2.24, 2.45) is 0 Å². The van der Waals surface area contributed by atoms with Gasteiger partial charge < -0.3 is 19.5 Å². The van der Waals surface area contributed by atoms with E-state index in [1.54, 1.807) is 56.5 Å². The Labute approximate surface area is 193 Å².